The summed E-state index contributed by atoms with van der Waals surface area (Å²) in [5, 5.41) is 9.41. The van der Waals surface area contributed by atoms with Crippen LogP contribution in [0.2, 0.25) is 0 Å². The third kappa shape index (κ3) is 4.50. The van der Waals surface area contributed by atoms with Crippen molar-refractivity contribution in [3.8, 4) is 34.1 Å². The van der Waals surface area contributed by atoms with Gasteiger partial charge in [0.15, 0.2) is 5.82 Å². The topological polar surface area (TPSA) is 74.3 Å². The van der Waals surface area contributed by atoms with Gasteiger partial charge < -0.3 is 4.74 Å². The first kappa shape index (κ1) is 23.8. The van der Waals surface area contributed by atoms with Crippen LogP contribution in [0, 0.1) is 6.92 Å². The lowest BCUT2D eigenvalue weighted by molar-refractivity contribution is 0.317. The minimum atomic E-state index is -0.196. The monoisotopic (exact) mass is 519 g/mol. The molecule has 0 saturated heterocycles. The second-order valence-corrected chi connectivity index (χ2v) is 9.96. The Balaban J connectivity index is 1.47. The lowest BCUT2D eigenvalue weighted by Gasteiger charge is -2.09. The zero-order valence-corrected chi connectivity index (χ0v) is 21.9. The number of nitrogens with zero attached hydrogens (tertiary/aromatic N) is 5. The first-order valence-electron chi connectivity index (χ1n) is 12.5. The van der Waals surface area contributed by atoms with Crippen molar-refractivity contribution in [2.75, 3.05) is 6.61 Å². The van der Waals surface area contributed by atoms with Gasteiger partial charge >= 0.3 is 0 Å². The van der Waals surface area contributed by atoms with Crippen molar-refractivity contribution in [3.63, 3.8) is 0 Å². The van der Waals surface area contributed by atoms with Gasteiger partial charge in [-0.05, 0) is 55.3 Å². The van der Waals surface area contributed by atoms with E-state index in [1.165, 1.54) is 15.9 Å². The molecule has 0 fully saturated rings. The number of ether oxygens (including phenoxy) is 1. The molecule has 8 heteroatoms. The van der Waals surface area contributed by atoms with Crippen molar-refractivity contribution in [1.82, 2.24) is 24.4 Å². The first-order valence-corrected chi connectivity index (χ1v) is 13.3. The standard InChI is InChI=1S/C30H25N5O2S/c1-3-16-37-24-14-15-25(20(2)17-24)27-22(19-34(32-27)23-12-8-5-9-13-23)18-26-29(36)35-30(38-26)31-28(33-35)21-10-6-4-7-11-21/h4-15,17-19H,3,16H2,1-2H3/b26-18-. The maximum Gasteiger partial charge on any atom is 0.291 e. The van der Waals surface area contributed by atoms with Crippen molar-refractivity contribution in [2.45, 2.75) is 20.3 Å². The van der Waals surface area contributed by atoms with Crippen LogP contribution < -0.4 is 14.8 Å². The summed E-state index contributed by atoms with van der Waals surface area (Å²) in [5.74, 6) is 1.38. The Bertz CT molecular complexity index is 1840. The fraction of sp³-hybridized carbons (Fsp3) is 0.133. The average Bonchev–Trinajstić information content (AvgIpc) is 3.64. The third-order valence-corrected chi connectivity index (χ3v) is 7.15. The third-order valence-electron chi connectivity index (χ3n) is 6.19. The van der Waals surface area contributed by atoms with E-state index in [0.29, 0.717) is 21.9 Å². The SMILES string of the molecule is CCCOc1ccc(-c2nn(-c3ccccc3)cc2/C=c2\sc3nc(-c4ccccc4)nn3c2=O)c(C)c1. The Morgan fingerprint density at radius 2 is 1.74 bits per heavy atom. The Labute approximate surface area is 223 Å². The second-order valence-electron chi connectivity index (χ2n) is 8.95. The number of hydrogen-bond donors (Lipinski definition) is 0. The molecule has 0 radical (unpaired) electrons. The minimum absolute atomic E-state index is 0.196. The van der Waals surface area contributed by atoms with Gasteiger partial charge in [-0.25, -0.2) is 4.68 Å². The Hall–Kier alpha value is -4.56. The molecular formula is C30H25N5O2S. The molecule has 188 valence electrons. The van der Waals surface area contributed by atoms with Crippen LogP contribution in [0.4, 0.5) is 0 Å². The number of benzene rings is 3. The minimum Gasteiger partial charge on any atom is -0.494 e. The molecular weight excluding hydrogens is 494 g/mol. The fourth-order valence-corrected chi connectivity index (χ4v) is 5.21. The molecule has 0 amide bonds. The van der Waals surface area contributed by atoms with Gasteiger partial charge in [0, 0.05) is 22.9 Å². The normalized spacial score (nSPS) is 11.9. The summed E-state index contributed by atoms with van der Waals surface area (Å²) < 4.78 is 9.59. The molecule has 0 aliphatic heterocycles. The summed E-state index contributed by atoms with van der Waals surface area (Å²) in [5.41, 5.74) is 5.27. The smallest absolute Gasteiger partial charge is 0.291 e. The van der Waals surface area contributed by atoms with Gasteiger partial charge in [0.2, 0.25) is 4.96 Å². The molecule has 0 N–H and O–H groups in total. The number of fused-ring (bicyclic) bond motifs is 1. The summed E-state index contributed by atoms with van der Waals surface area (Å²) in [6.45, 7) is 4.81. The molecule has 6 rings (SSSR count). The van der Waals surface area contributed by atoms with Crippen LogP contribution in [-0.4, -0.2) is 31.0 Å². The highest BCUT2D eigenvalue weighted by Gasteiger charge is 2.16. The first-order chi connectivity index (χ1) is 18.6. The molecule has 6 aromatic rings. The van der Waals surface area contributed by atoms with Crippen LogP contribution in [0.25, 0.3) is 39.4 Å². The summed E-state index contributed by atoms with van der Waals surface area (Å²) >= 11 is 1.32. The van der Waals surface area contributed by atoms with E-state index in [9.17, 15) is 4.79 Å². The van der Waals surface area contributed by atoms with Crippen LogP contribution in [0.1, 0.15) is 24.5 Å². The van der Waals surface area contributed by atoms with Crippen LogP contribution >= 0.6 is 11.3 Å². The van der Waals surface area contributed by atoms with E-state index in [1.54, 1.807) is 0 Å². The highest BCUT2D eigenvalue weighted by molar-refractivity contribution is 7.15. The molecule has 38 heavy (non-hydrogen) atoms. The molecule has 3 aromatic carbocycles. The van der Waals surface area contributed by atoms with E-state index < -0.39 is 0 Å². The molecule has 0 saturated carbocycles. The summed E-state index contributed by atoms with van der Waals surface area (Å²) in [6, 6.07) is 25.6. The van der Waals surface area contributed by atoms with E-state index in [-0.39, 0.29) is 5.56 Å². The van der Waals surface area contributed by atoms with E-state index in [1.807, 2.05) is 103 Å². The van der Waals surface area contributed by atoms with Crippen molar-refractivity contribution in [2.24, 2.45) is 0 Å². The number of rotatable bonds is 7. The lowest BCUT2D eigenvalue weighted by Crippen LogP contribution is -2.23. The quantitative estimate of drug-likeness (QED) is 0.286. The predicted octanol–water partition coefficient (Wildman–Crippen LogP) is 5.32. The van der Waals surface area contributed by atoms with E-state index >= 15 is 0 Å². The van der Waals surface area contributed by atoms with Crippen molar-refractivity contribution < 1.29 is 4.74 Å². The van der Waals surface area contributed by atoms with Gasteiger partial charge in [-0.1, -0.05) is 66.8 Å². The molecule has 0 bridgehead atoms. The summed E-state index contributed by atoms with van der Waals surface area (Å²) in [4.78, 5) is 18.5. The number of thiazole rings is 1. The van der Waals surface area contributed by atoms with E-state index in [4.69, 9.17) is 9.84 Å². The van der Waals surface area contributed by atoms with E-state index in [0.717, 1.165) is 45.8 Å². The Morgan fingerprint density at radius 3 is 2.45 bits per heavy atom. The predicted molar refractivity (Wildman–Crippen MR) is 151 cm³/mol. The fourth-order valence-electron chi connectivity index (χ4n) is 4.31. The van der Waals surface area contributed by atoms with Gasteiger partial charge in [-0.15, -0.1) is 5.10 Å². The molecule has 3 aromatic heterocycles. The number of hydrogen-bond acceptors (Lipinski definition) is 6. The maximum atomic E-state index is 13.3. The molecule has 7 nitrogen and oxygen atoms in total. The Kier molecular flexibility index (Phi) is 6.31. The zero-order valence-electron chi connectivity index (χ0n) is 21.0. The summed E-state index contributed by atoms with van der Waals surface area (Å²) in [7, 11) is 0. The molecule has 0 unspecified atom stereocenters. The number of aromatic nitrogens is 5. The van der Waals surface area contributed by atoms with Gasteiger partial charge in [0.25, 0.3) is 5.56 Å². The summed E-state index contributed by atoms with van der Waals surface area (Å²) in [6.07, 6.45) is 4.79. The van der Waals surface area contributed by atoms with Crippen molar-refractivity contribution in [3.05, 3.63) is 111 Å². The largest absolute Gasteiger partial charge is 0.494 e. The van der Waals surface area contributed by atoms with Crippen LogP contribution in [-0.2, 0) is 0 Å². The Morgan fingerprint density at radius 1 is 0.974 bits per heavy atom. The lowest BCUT2D eigenvalue weighted by atomic mass is 10.0. The highest BCUT2D eigenvalue weighted by Crippen LogP contribution is 2.30. The van der Waals surface area contributed by atoms with Crippen LogP contribution in [0.3, 0.4) is 0 Å². The second kappa shape index (κ2) is 10.1. The molecule has 0 aliphatic carbocycles. The van der Waals surface area contributed by atoms with E-state index in [2.05, 4.69) is 17.0 Å². The maximum absolute atomic E-state index is 13.3. The van der Waals surface area contributed by atoms with Crippen LogP contribution in [0.15, 0.2) is 89.9 Å². The van der Waals surface area contributed by atoms with Gasteiger partial charge in [-0.2, -0.15) is 14.6 Å². The highest BCUT2D eigenvalue weighted by atomic mass is 32.1. The van der Waals surface area contributed by atoms with Crippen LogP contribution in [0.5, 0.6) is 5.75 Å². The van der Waals surface area contributed by atoms with Gasteiger partial charge in [0.1, 0.15) is 11.4 Å². The van der Waals surface area contributed by atoms with Gasteiger partial charge in [0.05, 0.1) is 16.8 Å². The molecule has 0 aliphatic rings. The molecule has 3 heterocycles. The number of aryl methyl sites for hydroxylation is 1. The van der Waals surface area contributed by atoms with Crippen molar-refractivity contribution >= 4 is 22.4 Å². The number of para-hydroxylation sites is 1. The molecule has 0 spiro atoms. The van der Waals surface area contributed by atoms with Crippen molar-refractivity contribution in [1.29, 1.82) is 0 Å². The average molecular weight is 520 g/mol. The molecule has 0 atom stereocenters. The van der Waals surface area contributed by atoms with Gasteiger partial charge in [-0.3, -0.25) is 4.79 Å². The zero-order chi connectivity index (χ0) is 26.1.